The van der Waals surface area contributed by atoms with E-state index < -0.39 is 5.82 Å². The Kier molecular flexibility index (Phi) is 4.18. The lowest BCUT2D eigenvalue weighted by Crippen LogP contribution is -2.05. The number of nitrogen functional groups attached to an aromatic ring is 1. The van der Waals surface area contributed by atoms with Crippen molar-refractivity contribution in [2.24, 2.45) is 5.92 Å². The summed E-state index contributed by atoms with van der Waals surface area (Å²) in [6, 6.07) is 11.3. The van der Waals surface area contributed by atoms with Crippen LogP contribution in [0.2, 0.25) is 0 Å². The molecule has 104 valence electrons. The lowest BCUT2D eigenvalue weighted by atomic mass is 9.98. The third-order valence-corrected chi connectivity index (χ3v) is 3.10. The average Bonchev–Trinajstić information content (AvgIpc) is 2.41. The summed E-state index contributed by atoms with van der Waals surface area (Å²) in [6.45, 7) is 4.28. The van der Waals surface area contributed by atoms with Gasteiger partial charge in [0.25, 0.3) is 0 Å². The molecule has 0 saturated carbocycles. The van der Waals surface area contributed by atoms with Gasteiger partial charge in [-0.05, 0) is 36.1 Å². The molecule has 0 unspecified atom stereocenters. The molecule has 2 aromatic rings. The van der Waals surface area contributed by atoms with Gasteiger partial charge in [0.1, 0.15) is 5.82 Å². The Balaban J connectivity index is 2.27. The molecule has 0 aliphatic rings. The van der Waals surface area contributed by atoms with Crippen molar-refractivity contribution in [3.8, 4) is 0 Å². The summed E-state index contributed by atoms with van der Waals surface area (Å²) < 4.78 is 13.7. The fourth-order valence-corrected chi connectivity index (χ4v) is 2.14. The van der Waals surface area contributed by atoms with Gasteiger partial charge in [-0.1, -0.05) is 38.1 Å². The Morgan fingerprint density at radius 1 is 1.15 bits per heavy atom. The Bertz CT molecular complexity index is 617. The highest BCUT2D eigenvalue weighted by molar-refractivity contribution is 6.09. The van der Waals surface area contributed by atoms with Gasteiger partial charge in [0, 0.05) is 11.3 Å². The first-order valence-electron chi connectivity index (χ1n) is 6.66. The molecule has 2 N–H and O–H groups in total. The van der Waals surface area contributed by atoms with Gasteiger partial charge in [0.15, 0.2) is 5.78 Å². The maximum atomic E-state index is 13.7. The van der Waals surface area contributed by atoms with Crippen molar-refractivity contribution in [1.82, 2.24) is 0 Å². The molecule has 0 amide bonds. The van der Waals surface area contributed by atoms with E-state index in [1.165, 1.54) is 23.8 Å². The number of carbonyl (C=O) groups excluding carboxylic acids is 1. The lowest BCUT2D eigenvalue weighted by Gasteiger charge is -2.07. The number of ketones is 1. The summed E-state index contributed by atoms with van der Waals surface area (Å²) in [5.41, 5.74) is 7.64. The van der Waals surface area contributed by atoms with Crippen LogP contribution in [0.5, 0.6) is 0 Å². The molecule has 0 spiro atoms. The number of halogens is 1. The molecule has 0 bridgehead atoms. The zero-order valence-corrected chi connectivity index (χ0v) is 11.7. The van der Waals surface area contributed by atoms with E-state index in [4.69, 9.17) is 5.73 Å². The van der Waals surface area contributed by atoms with E-state index in [9.17, 15) is 9.18 Å². The van der Waals surface area contributed by atoms with Crippen molar-refractivity contribution in [3.63, 3.8) is 0 Å². The molecule has 0 aromatic heterocycles. The van der Waals surface area contributed by atoms with Gasteiger partial charge in [-0.15, -0.1) is 0 Å². The van der Waals surface area contributed by atoms with Crippen LogP contribution in [0.15, 0.2) is 42.5 Å². The lowest BCUT2D eigenvalue weighted by molar-refractivity contribution is 0.103. The van der Waals surface area contributed by atoms with Gasteiger partial charge in [0.2, 0.25) is 0 Å². The average molecular weight is 271 g/mol. The Morgan fingerprint density at radius 3 is 2.40 bits per heavy atom. The molecular formula is C17H18FNO. The van der Waals surface area contributed by atoms with Crippen LogP contribution in [0, 0.1) is 11.7 Å². The normalized spacial score (nSPS) is 10.8. The quantitative estimate of drug-likeness (QED) is 0.678. The van der Waals surface area contributed by atoms with E-state index in [0.29, 0.717) is 17.2 Å². The first-order valence-corrected chi connectivity index (χ1v) is 6.66. The van der Waals surface area contributed by atoms with Crippen LogP contribution in [0.3, 0.4) is 0 Å². The van der Waals surface area contributed by atoms with Crippen molar-refractivity contribution in [1.29, 1.82) is 0 Å². The van der Waals surface area contributed by atoms with Gasteiger partial charge in [-0.3, -0.25) is 4.79 Å². The van der Waals surface area contributed by atoms with E-state index in [-0.39, 0.29) is 11.3 Å². The zero-order valence-electron chi connectivity index (χ0n) is 11.7. The molecule has 2 rings (SSSR count). The fourth-order valence-electron chi connectivity index (χ4n) is 2.14. The summed E-state index contributed by atoms with van der Waals surface area (Å²) >= 11 is 0. The van der Waals surface area contributed by atoms with E-state index in [1.807, 2.05) is 12.1 Å². The number of carbonyl (C=O) groups is 1. The molecule has 0 radical (unpaired) electrons. The van der Waals surface area contributed by atoms with Crippen LogP contribution in [0.25, 0.3) is 0 Å². The molecule has 0 heterocycles. The van der Waals surface area contributed by atoms with E-state index in [0.717, 1.165) is 6.42 Å². The number of hydrogen-bond acceptors (Lipinski definition) is 2. The monoisotopic (exact) mass is 271 g/mol. The van der Waals surface area contributed by atoms with Crippen molar-refractivity contribution in [2.45, 2.75) is 20.3 Å². The molecule has 2 aromatic carbocycles. The number of benzene rings is 2. The Morgan fingerprint density at radius 2 is 1.80 bits per heavy atom. The smallest absolute Gasteiger partial charge is 0.196 e. The molecule has 0 aliphatic carbocycles. The summed E-state index contributed by atoms with van der Waals surface area (Å²) in [5.74, 6) is -0.329. The second-order valence-corrected chi connectivity index (χ2v) is 5.36. The number of rotatable bonds is 4. The van der Waals surface area contributed by atoms with Gasteiger partial charge in [0.05, 0.1) is 5.56 Å². The topological polar surface area (TPSA) is 43.1 Å². The minimum atomic E-state index is -0.546. The maximum absolute atomic E-state index is 13.7. The number of nitrogens with two attached hydrogens (primary N) is 1. The third kappa shape index (κ3) is 3.23. The van der Waals surface area contributed by atoms with Gasteiger partial charge in [-0.2, -0.15) is 0 Å². The predicted molar refractivity (Wildman–Crippen MR) is 79.2 cm³/mol. The molecule has 0 fully saturated rings. The minimum Gasteiger partial charge on any atom is -0.399 e. The largest absolute Gasteiger partial charge is 0.399 e. The summed E-state index contributed by atoms with van der Waals surface area (Å²) in [5, 5.41) is 0. The molecule has 2 nitrogen and oxygen atoms in total. The second-order valence-electron chi connectivity index (χ2n) is 5.36. The van der Waals surface area contributed by atoms with Gasteiger partial charge in [-0.25, -0.2) is 4.39 Å². The van der Waals surface area contributed by atoms with Crippen LogP contribution in [0.1, 0.15) is 35.3 Å². The standard InChI is InChI=1S/C17H18FNO/c1-11(2)9-12-3-5-13(6-4-12)17(20)15-10-14(19)7-8-16(15)18/h3-8,10-11H,9,19H2,1-2H3. The molecular weight excluding hydrogens is 253 g/mol. The van der Waals surface area contributed by atoms with Crippen molar-refractivity contribution in [3.05, 3.63) is 65.0 Å². The molecule has 0 aliphatic heterocycles. The highest BCUT2D eigenvalue weighted by Crippen LogP contribution is 2.18. The summed E-state index contributed by atoms with van der Waals surface area (Å²) in [7, 11) is 0. The van der Waals surface area contributed by atoms with Crippen molar-refractivity contribution in [2.75, 3.05) is 5.73 Å². The van der Waals surface area contributed by atoms with Gasteiger partial charge >= 0.3 is 0 Å². The Labute approximate surface area is 118 Å². The minimum absolute atomic E-state index is 0.0154. The first kappa shape index (κ1) is 14.3. The summed E-state index contributed by atoms with van der Waals surface area (Å²) in [6.07, 6.45) is 0.959. The zero-order chi connectivity index (χ0) is 14.7. The van der Waals surface area contributed by atoms with Crippen LogP contribution in [-0.2, 0) is 6.42 Å². The van der Waals surface area contributed by atoms with Crippen LogP contribution in [0.4, 0.5) is 10.1 Å². The Hall–Kier alpha value is -2.16. The maximum Gasteiger partial charge on any atom is 0.196 e. The van der Waals surface area contributed by atoms with Gasteiger partial charge < -0.3 is 5.73 Å². The van der Waals surface area contributed by atoms with Crippen LogP contribution < -0.4 is 5.73 Å². The fraction of sp³-hybridized carbons (Fsp3) is 0.235. The number of hydrogen-bond donors (Lipinski definition) is 1. The number of anilines is 1. The highest BCUT2D eigenvalue weighted by atomic mass is 19.1. The van der Waals surface area contributed by atoms with E-state index >= 15 is 0 Å². The second kappa shape index (κ2) is 5.87. The first-order chi connectivity index (χ1) is 9.47. The highest BCUT2D eigenvalue weighted by Gasteiger charge is 2.14. The predicted octanol–water partition coefficient (Wildman–Crippen LogP) is 3.84. The van der Waals surface area contributed by atoms with Crippen molar-refractivity contribution >= 4 is 11.5 Å². The van der Waals surface area contributed by atoms with E-state index in [1.54, 1.807) is 12.1 Å². The van der Waals surface area contributed by atoms with Crippen molar-refractivity contribution < 1.29 is 9.18 Å². The molecule has 0 atom stereocenters. The molecule has 20 heavy (non-hydrogen) atoms. The van der Waals surface area contributed by atoms with Crippen LogP contribution >= 0.6 is 0 Å². The summed E-state index contributed by atoms with van der Waals surface area (Å²) in [4.78, 5) is 12.3. The molecule has 0 saturated heterocycles. The third-order valence-electron chi connectivity index (χ3n) is 3.10. The SMILES string of the molecule is CC(C)Cc1ccc(C(=O)c2cc(N)ccc2F)cc1. The van der Waals surface area contributed by atoms with E-state index in [2.05, 4.69) is 13.8 Å². The molecule has 3 heteroatoms. The van der Waals surface area contributed by atoms with Crippen LogP contribution in [-0.4, -0.2) is 5.78 Å².